The van der Waals surface area contributed by atoms with Crippen LogP contribution in [0.4, 0.5) is 10.1 Å². The molecule has 0 bridgehead atoms. The molecule has 4 aromatic rings. The Balaban J connectivity index is 1.59. The lowest BCUT2D eigenvalue weighted by molar-refractivity contribution is 0.102. The number of amides is 1. The van der Waals surface area contributed by atoms with Crippen LogP contribution in [0, 0.1) is 6.92 Å². The first kappa shape index (κ1) is 19.5. The molecule has 0 fully saturated rings. The second-order valence-corrected chi connectivity index (χ2v) is 7.13. The standard InChI is InChI=1S/C22H20FN5O2/c1-13-7-8-16(20-26-22(30-27-20)14(2)10-15(3)23)11-17(13)25-21(29)18-12-24-19-6-4-5-9-28(18)19/h4-9,11-12,14H,3,10H2,1-2H3,(H,25,29). The molecule has 0 spiro atoms. The fraction of sp³-hybridized carbons (Fsp3) is 0.182. The number of hydrogen-bond donors (Lipinski definition) is 1. The lowest BCUT2D eigenvalue weighted by Gasteiger charge is -2.09. The number of benzene rings is 1. The molecule has 0 aliphatic carbocycles. The van der Waals surface area contributed by atoms with Crippen LogP contribution in [-0.2, 0) is 0 Å². The summed E-state index contributed by atoms with van der Waals surface area (Å²) in [5.41, 5.74) is 3.30. The molecule has 4 rings (SSSR count). The minimum absolute atomic E-state index is 0.121. The first-order valence-electron chi connectivity index (χ1n) is 9.43. The van der Waals surface area contributed by atoms with E-state index in [-0.39, 0.29) is 18.2 Å². The van der Waals surface area contributed by atoms with Gasteiger partial charge in [0.25, 0.3) is 5.91 Å². The van der Waals surface area contributed by atoms with Crippen molar-refractivity contribution < 1.29 is 13.7 Å². The van der Waals surface area contributed by atoms with Gasteiger partial charge < -0.3 is 9.84 Å². The van der Waals surface area contributed by atoms with E-state index in [0.717, 1.165) is 5.56 Å². The number of aryl methyl sites for hydroxylation is 1. The fourth-order valence-corrected chi connectivity index (χ4v) is 3.15. The van der Waals surface area contributed by atoms with E-state index >= 15 is 0 Å². The number of hydrogen-bond acceptors (Lipinski definition) is 5. The highest BCUT2D eigenvalue weighted by Crippen LogP contribution is 2.27. The molecule has 1 N–H and O–H groups in total. The molecular formula is C22H20FN5O2. The Hall–Kier alpha value is -3.81. The molecule has 3 heterocycles. The molecule has 1 aromatic carbocycles. The van der Waals surface area contributed by atoms with Crippen LogP contribution < -0.4 is 5.32 Å². The first-order chi connectivity index (χ1) is 14.4. The molecule has 7 nitrogen and oxygen atoms in total. The number of carbonyl (C=O) groups excluding carboxylic acids is 1. The molecular weight excluding hydrogens is 385 g/mol. The number of carbonyl (C=O) groups is 1. The average molecular weight is 405 g/mol. The quantitative estimate of drug-likeness (QED) is 0.492. The van der Waals surface area contributed by atoms with Gasteiger partial charge in [-0.3, -0.25) is 9.20 Å². The van der Waals surface area contributed by atoms with Crippen molar-refractivity contribution in [3.8, 4) is 11.4 Å². The fourth-order valence-electron chi connectivity index (χ4n) is 3.15. The molecule has 1 unspecified atom stereocenters. The molecule has 8 heteroatoms. The number of imidazole rings is 1. The lowest BCUT2D eigenvalue weighted by atomic mass is 10.1. The largest absolute Gasteiger partial charge is 0.339 e. The van der Waals surface area contributed by atoms with E-state index in [2.05, 4.69) is 27.0 Å². The highest BCUT2D eigenvalue weighted by atomic mass is 19.1. The van der Waals surface area contributed by atoms with Crippen LogP contribution in [0.2, 0.25) is 0 Å². The Kier molecular flexibility index (Phi) is 5.14. The maximum absolute atomic E-state index is 13.1. The Morgan fingerprint density at radius 1 is 1.33 bits per heavy atom. The monoisotopic (exact) mass is 405 g/mol. The van der Waals surface area contributed by atoms with Crippen molar-refractivity contribution in [3.05, 3.63) is 78.3 Å². The summed E-state index contributed by atoms with van der Waals surface area (Å²) in [6, 6.07) is 11.0. The second kappa shape index (κ2) is 7.90. The Bertz CT molecular complexity index is 1240. The first-order valence-corrected chi connectivity index (χ1v) is 9.43. The number of fused-ring (bicyclic) bond motifs is 1. The van der Waals surface area contributed by atoms with E-state index < -0.39 is 5.83 Å². The van der Waals surface area contributed by atoms with E-state index in [0.29, 0.717) is 34.3 Å². The summed E-state index contributed by atoms with van der Waals surface area (Å²) in [6.45, 7) is 6.96. The van der Waals surface area contributed by atoms with Crippen molar-refractivity contribution in [2.45, 2.75) is 26.2 Å². The van der Waals surface area contributed by atoms with Crippen molar-refractivity contribution in [1.29, 1.82) is 0 Å². The molecule has 0 aliphatic rings. The Morgan fingerprint density at radius 3 is 2.97 bits per heavy atom. The van der Waals surface area contributed by atoms with E-state index in [1.165, 1.54) is 6.20 Å². The molecule has 30 heavy (non-hydrogen) atoms. The van der Waals surface area contributed by atoms with Crippen molar-refractivity contribution in [2.75, 3.05) is 5.32 Å². The van der Waals surface area contributed by atoms with Gasteiger partial charge in [-0.2, -0.15) is 4.98 Å². The van der Waals surface area contributed by atoms with Crippen LogP contribution in [-0.4, -0.2) is 25.4 Å². The van der Waals surface area contributed by atoms with Crippen LogP contribution >= 0.6 is 0 Å². The van der Waals surface area contributed by atoms with Crippen LogP contribution in [0.3, 0.4) is 0 Å². The van der Waals surface area contributed by atoms with Gasteiger partial charge in [-0.15, -0.1) is 0 Å². The van der Waals surface area contributed by atoms with Crippen LogP contribution in [0.15, 0.2) is 65.7 Å². The minimum Gasteiger partial charge on any atom is -0.339 e. The lowest BCUT2D eigenvalue weighted by Crippen LogP contribution is -2.15. The van der Waals surface area contributed by atoms with Crippen molar-refractivity contribution in [1.82, 2.24) is 19.5 Å². The second-order valence-electron chi connectivity index (χ2n) is 7.13. The summed E-state index contributed by atoms with van der Waals surface area (Å²) in [6.07, 6.45) is 3.44. The molecule has 1 amide bonds. The molecule has 3 aromatic heterocycles. The number of allylic oxidation sites excluding steroid dienone is 1. The Morgan fingerprint density at radius 2 is 2.17 bits per heavy atom. The predicted octanol–water partition coefficient (Wildman–Crippen LogP) is 4.92. The summed E-state index contributed by atoms with van der Waals surface area (Å²) < 4.78 is 20.1. The summed E-state index contributed by atoms with van der Waals surface area (Å²) in [4.78, 5) is 21.4. The average Bonchev–Trinajstić information content (AvgIpc) is 3.36. The molecule has 0 saturated carbocycles. The van der Waals surface area contributed by atoms with Gasteiger partial charge in [-0.1, -0.05) is 36.9 Å². The van der Waals surface area contributed by atoms with Gasteiger partial charge in [0.1, 0.15) is 11.3 Å². The zero-order chi connectivity index (χ0) is 21.3. The van der Waals surface area contributed by atoms with E-state index in [1.54, 1.807) is 23.6 Å². The number of nitrogens with zero attached hydrogens (tertiary/aromatic N) is 4. The normalized spacial score (nSPS) is 12.1. The number of nitrogens with one attached hydrogen (secondary N) is 1. The third kappa shape index (κ3) is 3.84. The van der Waals surface area contributed by atoms with Gasteiger partial charge in [0.05, 0.1) is 12.0 Å². The summed E-state index contributed by atoms with van der Waals surface area (Å²) in [5.74, 6) is -0.288. The van der Waals surface area contributed by atoms with Gasteiger partial charge in [0.2, 0.25) is 11.7 Å². The maximum Gasteiger partial charge on any atom is 0.274 e. The summed E-state index contributed by atoms with van der Waals surface area (Å²) >= 11 is 0. The van der Waals surface area contributed by atoms with Crippen LogP contribution in [0.1, 0.15) is 41.2 Å². The molecule has 0 saturated heterocycles. The zero-order valence-electron chi connectivity index (χ0n) is 16.6. The van der Waals surface area contributed by atoms with Crippen molar-refractivity contribution >= 4 is 17.2 Å². The predicted molar refractivity (Wildman–Crippen MR) is 111 cm³/mol. The number of anilines is 1. The van der Waals surface area contributed by atoms with Gasteiger partial charge in [-0.05, 0) is 30.7 Å². The van der Waals surface area contributed by atoms with Gasteiger partial charge in [0.15, 0.2) is 0 Å². The SMILES string of the molecule is C=C(F)CC(C)c1nc(-c2ccc(C)c(NC(=O)c3cnc4ccccn34)c2)no1. The third-order valence-corrected chi connectivity index (χ3v) is 4.78. The molecule has 1 atom stereocenters. The highest BCUT2D eigenvalue weighted by molar-refractivity contribution is 6.04. The van der Waals surface area contributed by atoms with Gasteiger partial charge in [-0.25, -0.2) is 9.37 Å². The number of rotatable bonds is 6. The molecule has 0 radical (unpaired) electrons. The molecule has 152 valence electrons. The topological polar surface area (TPSA) is 85.3 Å². The number of aromatic nitrogens is 4. The Labute approximate surface area is 172 Å². The number of pyridine rings is 1. The summed E-state index contributed by atoms with van der Waals surface area (Å²) in [7, 11) is 0. The molecule has 0 aliphatic heterocycles. The highest BCUT2D eigenvalue weighted by Gasteiger charge is 2.18. The van der Waals surface area contributed by atoms with Crippen LogP contribution in [0.5, 0.6) is 0 Å². The van der Waals surface area contributed by atoms with E-state index in [4.69, 9.17) is 4.52 Å². The summed E-state index contributed by atoms with van der Waals surface area (Å²) in [5, 5.41) is 6.91. The smallest absolute Gasteiger partial charge is 0.274 e. The third-order valence-electron chi connectivity index (χ3n) is 4.78. The number of halogens is 1. The van der Waals surface area contributed by atoms with Crippen molar-refractivity contribution in [3.63, 3.8) is 0 Å². The van der Waals surface area contributed by atoms with Gasteiger partial charge >= 0.3 is 0 Å². The van der Waals surface area contributed by atoms with E-state index in [9.17, 15) is 9.18 Å². The zero-order valence-corrected chi connectivity index (χ0v) is 16.6. The van der Waals surface area contributed by atoms with Gasteiger partial charge in [0, 0.05) is 29.8 Å². The van der Waals surface area contributed by atoms with Crippen LogP contribution in [0.25, 0.3) is 17.0 Å². The maximum atomic E-state index is 13.1. The van der Waals surface area contributed by atoms with E-state index in [1.807, 2.05) is 37.3 Å². The van der Waals surface area contributed by atoms with Crippen molar-refractivity contribution in [2.24, 2.45) is 0 Å². The minimum atomic E-state index is -0.435.